The van der Waals surface area contributed by atoms with Crippen LogP contribution in [0.2, 0.25) is 0 Å². The molecule has 1 aliphatic rings. The van der Waals surface area contributed by atoms with E-state index in [0.717, 1.165) is 43.1 Å². The highest BCUT2D eigenvalue weighted by Gasteiger charge is 2.40. The monoisotopic (exact) mass is 693 g/mol. The number of nitrogens with two attached hydrogens (primary N) is 2. The zero-order valence-corrected chi connectivity index (χ0v) is 28.6. The summed E-state index contributed by atoms with van der Waals surface area (Å²) in [5.41, 5.74) is 17.3. The first-order valence-corrected chi connectivity index (χ1v) is 17.5. The number of hydrogen-bond acceptors (Lipinski definition) is 8. The molecule has 8 N–H and O–H groups in total. The summed E-state index contributed by atoms with van der Waals surface area (Å²) in [5.74, 6) is -3.20. The number of nitrogens with one attached hydrogen (secondary N) is 3. The van der Waals surface area contributed by atoms with Crippen molar-refractivity contribution in [1.29, 1.82) is 0 Å². The molecule has 4 atom stereocenters. The van der Waals surface area contributed by atoms with Crippen molar-refractivity contribution in [2.24, 2.45) is 23.3 Å². The molecule has 0 bridgehead atoms. The predicted octanol–water partition coefficient (Wildman–Crippen LogP) is 3.75. The number of hydrazine groups is 1. The van der Waals surface area contributed by atoms with Gasteiger partial charge >= 0.3 is 6.03 Å². The molecule has 268 valence electrons. The molecule has 1 saturated carbocycles. The van der Waals surface area contributed by atoms with E-state index in [9.17, 15) is 24.3 Å². The second-order valence-corrected chi connectivity index (χ2v) is 13.2. The summed E-state index contributed by atoms with van der Waals surface area (Å²) in [4.78, 5) is 57.8. The van der Waals surface area contributed by atoms with E-state index in [4.69, 9.17) is 11.5 Å². The number of urea groups is 1. The number of pyridine rings is 1. The highest BCUT2D eigenvalue weighted by Crippen LogP contribution is 2.28. The molecule has 5 rings (SSSR count). The number of ketones is 1. The van der Waals surface area contributed by atoms with E-state index in [1.165, 1.54) is 6.07 Å². The number of nitrogens with zero attached hydrogens (tertiary/aromatic N) is 2. The van der Waals surface area contributed by atoms with Crippen LogP contribution in [0.5, 0.6) is 0 Å². The molecule has 3 aromatic carbocycles. The first-order chi connectivity index (χ1) is 24.7. The molecule has 4 amide bonds. The minimum atomic E-state index is -1.42. The van der Waals surface area contributed by atoms with Crippen LogP contribution in [0.1, 0.15) is 66.2 Å². The summed E-state index contributed by atoms with van der Waals surface area (Å²) in [5, 5.41) is 19.9. The Hall–Kier alpha value is -5.17. The highest BCUT2D eigenvalue weighted by atomic mass is 16.3. The number of primary amides is 1. The maximum atomic E-state index is 14.5. The normalized spacial score (nSPS) is 15.7. The Morgan fingerprint density at radius 2 is 1.53 bits per heavy atom. The van der Waals surface area contributed by atoms with Crippen LogP contribution < -0.4 is 27.5 Å². The van der Waals surface area contributed by atoms with Crippen molar-refractivity contribution in [3.8, 4) is 0 Å². The van der Waals surface area contributed by atoms with Crippen LogP contribution in [0.15, 0.2) is 97.1 Å². The largest absolute Gasteiger partial charge is 0.391 e. The van der Waals surface area contributed by atoms with Crippen LogP contribution in [-0.4, -0.2) is 64.0 Å². The van der Waals surface area contributed by atoms with Crippen LogP contribution in [0, 0.1) is 11.8 Å². The van der Waals surface area contributed by atoms with Gasteiger partial charge in [0, 0.05) is 31.1 Å². The van der Waals surface area contributed by atoms with Gasteiger partial charge in [0.25, 0.3) is 5.91 Å². The molecule has 51 heavy (non-hydrogen) atoms. The van der Waals surface area contributed by atoms with Gasteiger partial charge in [0.15, 0.2) is 5.78 Å². The van der Waals surface area contributed by atoms with Crippen molar-refractivity contribution in [3.05, 3.63) is 114 Å². The molecule has 2 unspecified atom stereocenters. The van der Waals surface area contributed by atoms with Crippen LogP contribution in [0.4, 0.5) is 4.79 Å². The van der Waals surface area contributed by atoms with Gasteiger partial charge in [-0.05, 0) is 42.0 Å². The van der Waals surface area contributed by atoms with Gasteiger partial charge in [-0.2, -0.15) is 0 Å². The van der Waals surface area contributed by atoms with E-state index in [2.05, 4.69) is 21.0 Å². The van der Waals surface area contributed by atoms with E-state index in [0.29, 0.717) is 24.2 Å². The molecular weight excluding hydrogens is 646 g/mol. The number of Topliss-reactive ketones (excluding diaryl/α,β-unsaturated/α-hetero) is 1. The SMILES string of the molecule is NC(=O)C[C@H](NC(=O)c1ccc2ccccc2n1)C(=O)C(C(N)c1ccccc1)[C@@H](O)CN(CC1CCCCC1)NC(=O)NCc1ccccc1. The number of carbonyl (C=O) groups excluding carboxylic acids is 4. The van der Waals surface area contributed by atoms with Gasteiger partial charge in [-0.25, -0.2) is 14.8 Å². The Morgan fingerprint density at radius 3 is 2.24 bits per heavy atom. The fourth-order valence-corrected chi connectivity index (χ4v) is 6.72. The number of benzene rings is 3. The van der Waals surface area contributed by atoms with Crippen LogP contribution in [0.3, 0.4) is 0 Å². The van der Waals surface area contributed by atoms with Gasteiger partial charge in [-0.3, -0.25) is 19.8 Å². The molecule has 1 aliphatic carbocycles. The minimum Gasteiger partial charge on any atom is -0.391 e. The number of amides is 4. The number of aromatic nitrogens is 1. The van der Waals surface area contributed by atoms with Gasteiger partial charge in [-0.15, -0.1) is 0 Å². The Morgan fingerprint density at radius 1 is 0.863 bits per heavy atom. The lowest BCUT2D eigenvalue weighted by Crippen LogP contribution is -2.56. The lowest BCUT2D eigenvalue weighted by atomic mass is 9.82. The van der Waals surface area contributed by atoms with Crippen LogP contribution in [-0.2, 0) is 16.1 Å². The molecule has 0 spiro atoms. The van der Waals surface area contributed by atoms with Gasteiger partial charge in [0.05, 0.1) is 30.0 Å². The molecule has 1 aromatic heterocycles. The Bertz CT molecular complexity index is 1770. The van der Waals surface area contributed by atoms with Gasteiger partial charge in [-0.1, -0.05) is 104 Å². The van der Waals surface area contributed by atoms with E-state index in [1.54, 1.807) is 53.5 Å². The maximum absolute atomic E-state index is 14.5. The molecular formula is C39H47N7O5. The zero-order valence-electron chi connectivity index (χ0n) is 28.6. The van der Waals surface area contributed by atoms with Gasteiger partial charge in [0.2, 0.25) is 5.91 Å². The lowest BCUT2D eigenvalue weighted by Gasteiger charge is -2.35. The zero-order chi connectivity index (χ0) is 36.2. The van der Waals surface area contributed by atoms with Crippen molar-refractivity contribution < 1.29 is 24.3 Å². The quantitative estimate of drug-likeness (QED) is 0.0956. The lowest BCUT2D eigenvalue weighted by molar-refractivity contribution is -0.132. The number of para-hydroxylation sites is 1. The second-order valence-electron chi connectivity index (χ2n) is 13.2. The standard InChI is InChI=1S/C39H47N7O5/c40-34(48)22-32(44-38(50)31-21-20-28-16-10-11-19-30(28)43-31)37(49)35(36(41)29-17-8-3-9-18-29)33(47)25-46(24-27-14-6-2-7-15-27)45-39(51)42-23-26-12-4-1-5-13-26/h1,3-5,8-13,16-21,27,32-33,35-36,47H,2,6-7,14-15,22-25,41H2,(H2,40,48)(H,44,50)(H2,42,45,51)/t32-,33-,35?,36?/m0/s1. The Kier molecular flexibility index (Phi) is 13.2. The molecule has 12 heteroatoms. The summed E-state index contributed by atoms with van der Waals surface area (Å²) in [6, 6.07) is 26.0. The third-order valence-corrected chi connectivity index (χ3v) is 9.37. The number of hydrogen-bond donors (Lipinski definition) is 6. The minimum absolute atomic E-state index is 0.0461. The molecule has 1 fully saturated rings. The molecule has 0 radical (unpaired) electrons. The summed E-state index contributed by atoms with van der Waals surface area (Å²) in [7, 11) is 0. The van der Waals surface area contributed by atoms with Crippen molar-refractivity contribution in [1.82, 2.24) is 26.1 Å². The van der Waals surface area contributed by atoms with Crippen LogP contribution in [0.25, 0.3) is 10.9 Å². The molecule has 12 nitrogen and oxygen atoms in total. The van der Waals surface area contributed by atoms with E-state index in [-0.39, 0.29) is 18.2 Å². The fourth-order valence-electron chi connectivity index (χ4n) is 6.72. The predicted molar refractivity (Wildman–Crippen MR) is 195 cm³/mol. The maximum Gasteiger partial charge on any atom is 0.329 e. The van der Waals surface area contributed by atoms with E-state index >= 15 is 0 Å². The average Bonchev–Trinajstić information content (AvgIpc) is 3.14. The second kappa shape index (κ2) is 18.2. The molecule has 0 saturated heterocycles. The Labute approximate surface area is 298 Å². The van der Waals surface area contributed by atoms with E-state index in [1.807, 2.05) is 42.5 Å². The van der Waals surface area contributed by atoms with Gasteiger partial charge < -0.3 is 27.2 Å². The van der Waals surface area contributed by atoms with Crippen molar-refractivity contribution in [3.63, 3.8) is 0 Å². The average molecular weight is 694 g/mol. The molecule has 1 heterocycles. The number of fused-ring (bicyclic) bond motifs is 1. The molecule has 4 aromatic rings. The van der Waals surface area contributed by atoms with Crippen molar-refractivity contribution in [2.75, 3.05) is 13.1 Å². The first-order valence-electron chi connectivity index (χ1n) is 17.5. The topological polar surface area (TPSA) is 193 Å². The highest BCUT2D eigenvalue weighted by molar-refractivity contribution is 6.00. The van der Waals surface area contributed by atoms with Gasteiger partial charge in [0.1, 0.15) is 5.69 Å². The number of rotatable bonds is 16. The first kappa shape index (κ1) is 37.1. The van der Waals surface area contributed by atoms with Crippen LogP contribution >= 0.6 is 0 Å². The number of aliphatic hydroxyl groups is 1. The number of aliphatic hydroxyl groups excluding tert-OH is 1. The smallest absolute Gasteiger partial charge is 0.329 e. The summed E-state index contributed by atoms with van der Waals surface area (Å²) in [6.07, 6.45) is 3.30. The van der Waals surface area contributed by atoms with Crippen molar-refractivity contribution in [2.45, 2.75) is 63.3 Å². The third-order valence-electron chi connectivity index (χ3n) is 9.37. The Balaban J connectivity index is 1.39. The number of carbonyl (C=O) groups is 4. The van der Waals surface area contributed by atoms with Crippen molar-refractivity contribution >= 4 is 34.5 Å². The third kappa shape index (κ3) is 10.7. The fraction of sp³-hybridized carbons (Fsp3) is 0.359. The summed E-state index contributed by atoms with van der Waals surface area (Å²) < 4.78 is 0. The van der Waals surface area contributed by atoms with E-state index < -0.39 is 54.2 Å². The summed E-state index contributed by atoms with van der Waals surface area (Å²) in [6.45, 7) is 0.606. The summed E-state index contributed by atoms with van der Waals surface area (Å²) >= 11 is 0. The molecule has 0 aliphatic heterocycles.